The lowest BCUT2D eigenvalue weighted by Crippen LogP contribution is -2.19. The largest absolute Gasteiger partial charge is 0.240 e. The SMILES string of the molecule is CCCc1cc(CC(C)[SiH](Cl)Cl)c(CC(C)[SiH](Cl)Cl)c(CC(C)[SiH](Cl)Cl)c1CC(C)[SiH](Cl)Cl. The number of halogens is 8. The van der Waals surface area contributed by atoms with Crippen molar-refractivity contribution in [3.8, 4) is 0 Å². The number of hydrogen-bond acceptors (Lipinski definition) is 0. The van der Waals surface area contributed by atoms with Gasteiger partial charge < -0.3 is 0 Å². The molecule has 0 N–H and O–H groups in total. The Kier molecular flexibility index (Phi) is 16.6. The van der Waals surface area contributed by atoms with Gasteiger partial charge in [-0.25, -0.2) is 0 Å². The second-order valence-corrected chi connectivity index (χ2v) is 30.6. The molecule has 0 spiro atoms. The summed E-state index contributed by atoms with van der Waals surface area (Å²) >= 11 is 51.5. The highest BCUT2D eigenvalue weighted by Gasteiger charge is 2.28. The van der Waals surface area contributed by atoms with Crippen molar-refractivity contribution in [1.82, 2.24) is 0 Å². The summed E-state index contributed by atoms with van der Waals surface area (Å²) in [5, 5.41) is 0. The lowest BCUT2D eigenvalue weighted by Gasteiger charge is -2.28. The molecule has 1 aromatic carbocycles. The van der Waals surface area contributed by atoms with Gasteiger partial charge in [-0.2, -0.15) is 88.6 Å². The Morgan fingerprint density at radius 2 is 0.879 bits per heavy atom. The summed E-state index contributed by atoms with van der Waals surface area (Å²) in [6, 6.07) is 2.39. The molecule has 0 aromatic heterocycles. The smallest absolute Gasteiger partial charge is 0.150 e. The third-order valence-corrected chi connectivity index (χ3v) is 20.9. The fourth-order valence-electron chi connectivity index (χ4n) is 4.05. The van der Waals surface area contributed by atoms with Gasteiger partial charge in [0, 0.05) is 0 Å². The first-order chi connectivity index (χ1) is 15.3. The highest BCUT2D eigenvalue weighted by atomic mass is 35.7. The average Bonchev–Trinajstić information content (AvgIpc) is 2.71. The van der Waals surface area contributed by atoms with Gasteiger partial charge in [-0.05, 0) is 82.1 Å². The highest BCUT2D eigenvalue weighted by Crippen LogP contribution is 2.38. The van der Waals surface area contributed by atoms with Crippen LogP contribution in [-0.4, -0.2) is 29.7 Å². The van der Waals surface area contributed by atoms with Crippen LogP contribution in [0.1, 0.15) is 68.9 Å². The van der Waals surface area contributed by atoms with E-state index in [1.54, 1.807) is 0 Å². The van der Waals surface area contributed by atoms with E-state index in [4.69, 9.17) is 88.6 Å². The van der Waals surface area contributed by atoms with E-state index < -0.39 is 29.7 Å². The Hall–Kier alpha value is 2.41. The molecule has 0 heterocycles. The van der Waals surface area contributed by atoms with Gasteiger partial charge in [0.15, 0.2) is 0 Å². The molecule has 0 radical (unpaired) electrons. The zero-order chi connectivity index (χ0) is 25.5. The number of aryl methyl sites for hydroxylation is 1. The molecule has 0 nitrogen and oxygen atoms in total. The summed E-state index contributed by atoms with van der Waals surface area (Å²) < 4.78 is 0. The molecule has 12 heteroatoms. The molecule has 0 aliphatic carbocycles. The molecule has 192 valence electrons. The van der Waals surface area contributed by atoms with Crippen LogP contribution in [0.3, 0.4) is 0 Å². The molecule has 0 aliphatic rings. The Morgan fingerprint density at radius 1 is 0.545 bits per heavy atom. The van der Waals surface area contributed by atoms with E-state index in [0.29, 0.717) is 0 Å². The van der Waals surface area contributed by atoms with Crippen molar-refractivity contribution in [3.63, 3.8) is 0 Å². The molecular weight excluding hydrogens is 648 g/mol. The molecule has 0 bridgehead atoms. The maximum absolute atomic E-state index is 6.47. The van der Waals surface area contributed by atoms with E-state index in [2.05, 4.69) is 40.7 Å². The standard InChI is InChI=1S/C21H36Cl8Si4/c1-6-7-17-12-18(8-13(2)30(22)23)20(10-15(4)32(26)27)21(11-16(5)33(28)29)19(17)9-14(3)31(24)25/h12-16,30-33H,6-11H2,1-5H3. The van der Waals surface area contributed by atoms with Crippen molar-refractivity contribution in [2.45, 2.75) is 95.3 Å². The lowest BCUT2D eigenvalue weighted by atomic mass is 9.83. The summed E-state index contributed by atoms with van der Waals surface area (Å²) in [6.45, 7) is 10.8. The van der Waals surface area contributed by atoms with Crippen molar-refractivity contribution in [2.24, 2.45) is 0 Å². The third-order valence-electron chi connectivity index (χ3n) is 6.21. The van der Waals surface area contributed by atoms with Crippen LogP contribution in [0, 0.1) is 0 Å². The molecule has 0 fully saturated rings. The maximum Gasteiger partial charge on any atom is 0.240 e. The summed E-state index contributed by atoms with van der Waals surface area (Å²) in [6.07, 6.45) is 5.50. The lowest BCUT2D eigenvalue weighted by molar-refractivity contribution is 0.774. The van der Waals surface area contributed by atoms with Crippen LogP contribution in [0.15, 0.2) is 6.07 Å². The van der Waals surface area contributed by atoms with Crippen molar-refractivity contribution in [3.05, 3.63) is 33.9 Å². The average molecular weight is 684 g/mol. The Bertz CT molecular complexity index is 733. The van der Waals surface area contributed by atoms with E-state index in [1.807, 2.05) is 0 Å². The van der Waals surface area contributed by atoms with Crippen LogP contribution in [0.4, 0.5) is 0 Å². The molecule has 0 saturated heterocycles. The number of hydrogen-bond donors (Lipinski definition) is 0. The molecule has 0 amide bonds. The maximum atomic E-state index is 6.47. The Balaban J connectivity index is 3.83. The fourth-order valence-corrected chi connectivity index (χ4v) is 7.86. The van der Waals surface area contributed by atoms with Crippen LogP contribution in [0.5, 0.6) is 0 Å². The van der Waals surface area contributed by atoms with E-state index in [9.17, 15) is 0 Å². The minimum absolute atomic E-state index is 0.238. The van der Waals surface area contributed by atoms with Gasteiger partial charge in [-0.15, -0.1) is 0 Å². The molecule has 1 rings (SSSR count). The van der Waals surface area contributed by atoms with E-state index in [0.717, 1.165) is 38.5 Å². The van der Waals surface area contributed by atoms with Gasteiger partial charge in [0.05, 0.1) is 0 Å². The zero-order valence-corrected chi connectivity index (χ0v) is 30.6. The molecule has 33 heavy (non-hydrogen) atoms. The summed E-state index contributed by atoms with van der Waals surface area (Å²) in [5.74, 6) is 0. The number of benzene rings is 1. The molecule has 1 aromatic rings. The minimum Gasteiger partial charge on any atom is -0.150 e. The Labute approximate surface area is 245 Å². The fraction of sp³-hybridized carbons (Fsp3) is 0.714. The first-order valence-electron chi connectivity index (χ1n) is 11.6. The summed E-state index contributed by atoms with van der Waals surface area (Å²) in [4.78, 5) is 0. The second-order valence-electron chi connectivity index (χ2n) is 9.44. The summed E-state index contributed by atoms with van der Waals surface area (Å²) in [5.41, 5.74) is 7.79. The van der Waals surface area contributed by atoms with Crippen molar-refractivity contribution in [2.75, 3.05) is 0 Å². The van der Waals surface area contributed by atoms with Gasteiger partial charge in [-0.3, -0.25) is 0 Å². The molecule has 0 aliphatic heterocycles. The van der Waals surface area contributed by atoms with Crippen LogP contribution < -0.4 is 0 Å². The van der Waals surface area contributed by atoms with Crippen molar-refractivity contribution < 1.29 is 0 Å². The Morgan fingerprint density at radius 3 is 1.24 bits per heavy atom. The van der Waals surface area contributed by atoms with E-state index in [-0.39, 0.29) is 22.2 Å². The van der Waals surface area contributed by atoms with Crippen LogP contribution in [0.25, 0.3) is 0 Å². The van der Waals surface area contributed by atoms with Gasteiger partial charge in [0.1, 0.15) is 0 Å². The van der Waals surface area contributed by atoms with Gasteiger partial charge in [0.25, 0.3) is 0 Å². The number of rotatable bonds is 14. The van der Waals surface area contributed by atoms with Crippen molar-refractivity contribution in [1.29, 1.82) is 0 Å². The van der Waals surface area contributed by atoms with E-state index in [1.165, 1.54) is 27.8 Å². The van der Waals surface area contributed by atoms with E-state index >= 15 is 0 Å². The van der Waals surface area contributed by atoms with Gasteiger partial charge >= 0.3 is 0 Å². The topological polar surface area (TPSA) is 0 Å². The van der Waals surface area contributed by atoms with Crippen LogP contribution in [0.2, 0.25) is 22.2 Å². The first-order valence-corrected chi connectivity index (χ1v) is 28.2. The normalized spacial score (nSPS) is 16.2. The zero-order valence-electron chi connectivity index (χ0n) is 20.0. The predicted molar refractivity (Wildman–Crippen MR) is 168 cm³/mol. The second kappa shape index (κ2) is 16.4. The molecular formula is C21H36Cl8Si4. The first kappa shape index (κ1) is 33.4. The van der Waals surface area contributed by atoms with Crippen LogP contribution >= 0.6 is 88.6 Å². The minimum atomic E-state index is -1.86. The predicted octanol–water partition coefficient (Wildman–Crippen LogP) is 9.16. The monoisotopic (exact) mass is 680 g/mol. The molecule has 0 saturated carbocycles. The van der Waals surface area contributed by atoms with Gasteiger partial charge in [-0.1, -0.05) is 47.1 Å². The van der Waals surface area contributed by atoms with Gasteiger partial charge in [0.2, 0.25) is 29.7 Å². The molecule has 4 unspecified atom stereocenters. The quantitative estimate of drug-likeness (QED) is 0.136. The molecule has 4 atom stereocenters. The highest BCUT2D eigenvalue weighted by molar-refractivity contribution is 7.35. The van der Waals surface area contributed by atoms with Crippen molar-refractivity contribution >= 4 is 118 Å². The third kappa shape index (κ3) is 11.0. The summed E-state index contributed by atoms with van der Waals surface area (Å²) in [7, 11) is -7.35. The van der Waals surface area contributed by atoms with Crippen LogP contribution in [-0.2, 0) is 32.1 Å².